The van der Waals surface area contributed by atoms with Crippen LogP contribution >= 0.6 is 0 Å². The zero-order chi connectivity index (χ0) is 20.3. The summed E-state index contributed by atoms with van der Waals surface area (Å²) in [6, 6.07) is 9.36. The van der Waals surface area contributed by atoms with Gasteiger partial charge in [0.2, 0.25) is 0 Å². The van der Waals surface area contributed by atoms with Gasteiger partial charge >= 0.3 is 6.18 Å². The van der Waals surface area contributed by atoms with Crippen LogP contribution in [-0.4, -0.2) is 47.3 Å². The molecule has 1 amide bonds. The zero-order valence-corrected chi connectivity index (χ0v) is 16.1. The lowest BCUT2D eigenvalue weighted by atomic mass is 10.1. The van der Waals surface area contributed by atoms with Gasteiger partial charge in [0.15, 0.2) is 5.69 Å². The Morgan fingerprint density at radius 2 is 1.86 bits per heavy atom. The van der Waals surface area contributed by atoms with Gasteiger partial charge in [-0.05, 0) is 51.9 Å². The van der Waals surface area contributed by atoms with E-state index in [2.05, 4.69) is 15.3 Å². The van der Waals surface area contributed by atoms with Crippen LogP contribution in [0.1, 0.15) is 46.2 Å². The number of rotatable bonds is 5. The Hall–Kier alpha value is -2.35. The molecule has 28 heavy (non-hydrogen) atoms. The van der Waals surface area contributed by atoms with E-state index in [4.69, 9.17) is 0 Å². The SMILES string of the molecule is Cc1c(C(=O)NCCc2ccccc2)c(C(F)(F)F)nn1C1CCN(C)CC1. The molecule has 8 heteroatoms. The van der Waals surface area contributed by atoms with Crippen molar-refractivity contribution in [3.8, 4) is 0 Å². The summed E-state index contributed by atoms with van der Waals surface area (Å²) in [7, 11) is 1.99. The molecule has 0 spiro atoms. The minimum atomic E-state index is -4.67. The van der Waals surface area contributed by atoms with Crippen LogP contribution in [0.25, 0.3) is 0 Å². The first-order valence-corrected chi connectivity index (χ1v) is 9.44. The van der Waals surface area contributed by atoms with Crippen molar-refractivity contribution >= 4 is 5.91 Å². The lowest BCUT2D eigenvalue weighted by molar-refractivity contribution is -0.141. The number of alkyl halides is 3. The number of halogens is 3. The van der Waals surface area contributed by atoms with E-state index in [1.54, 1.807) is 6.92 Å². The highest BCUT2D eigenvalue weighted by atomic mass is 19.4. The molecule has 0 bridgehead atoms. The van der Waals surface area contributed by atoms with Gasteiger partial charge in [-0.25, -0.2) is 0 Å². The van der Waals surface area contributed by atoms with Crippen molar-refractivity contribution in [1.82, 2.24) is 20.0 Å². The quantitative estimate of drug-likeness (QED) is 0.845. The molecule has 1 aromatic carbocycles. The third kappa shape index (κ3) is 4.55. The number of aromatic nitrogens is 2. The second kappa shape index (κ2) is 8.34. The standard InChI is InChI=1S/C20H25F3N4O/c1-14-17(19(28)24-11-8-15-6-4-3-5-7-15)18(20(21,22)23)25-27(14)16-9-12-26(2)13-10-16/h3-7,16H,8-13H2,1-2H3,(H,24,28). The molecule has 5 nitrogen and oxygen atoms in total. The van der Waals surface area contributed by atoms with Crippen molar-refractivity contribution < 1.29 is 18.0 Å². The van der Waals surface area contributed by atoms with Crippen LogP contribution in [0.2, 0.25) is 0 Å². The highest BCUT2D eigenvalue weighted by Gasteiger charge is 2.41. The third-order valence-corrected chi connectivity index (χ3v) is 5.22. The molecule has 1 aliphatic rings. The molecule has 0 radical (unpaired) electrons. The van der Waals surface area contributed by atoms with Gasteiger partial charge < -0.3 is 10.2 Å². The summed E-state index contributed by atoms with van der Waals surface area (Å²) >= 11 is 0. The Morgan fingerprint density at radius 3 is 2.46 bits per heavy atom. The van der Waals surface area contributed by atoms with Crippen molar-refractivity contribution in [2.45, 2.75) is 38.4 Å². The zero-order valence-electron chi connectivity index (χ0n) is 16.1. The Balaban J connectivity index is 1.79. The van der Waals surface area contributed by atoms with Gasteiger partial charge in [0.25, 0.3) is 5.91 Å². The highest BCUT2D eigenvalue weighted by Crippen LogP contribution is 2.35. The van der Waals surface area contributed by atoms with E-state index in [9.17, 15) is 18.0 Å². The summed E-state index contributed by atoms with van der Waals surface area (Å²) in [5.41, 5.74) is -0.169. The molecule has 0 saturated carbocycles. The van der Waals surface area contributed by atoms with Gasteiger partial charge in [0, 0.05) is 12.2 Å². The second-order valence-electron chi connectivity index (χ2n) is 7.28. The molecule has 1 aromatic heterocycles. The van der Waals surface area contributed by atoms with E-state index >= 15 is 0 Å². The Labute approximate surface area is 162 Å². The molecule has 2 heterocycles. The molecule has 0 aliphatic carbocycles. The minimum absolute atomic E-state index is 0.122. The summed E-state index contributed by atoms with van der Waals surface area (Å²) in [6.45, 7) is 3.40. The number of nitrogens with zero attached hydrogens (tertiary/aromatic N) is 3. The fourth-order valence-corrected chi connectivity index (χ4v) is 3.64. The van der Waals surface area contributed by atoms with Gasteiger partial charge in [-0.3, -0.25) is 9.48 Å². The Kier molecular flexibility index (Phi) is 6.07. The molecule has 3 rings (SSSR count). The number of benzene rings is 1. The van der Waals surface area contributed by atoms with Gasteiger partial charge in [-0.15, -0.1) is 0 Å². The highest BCUT2D eigenvalue weighted by molar-refractivity contribution is 5.96. The molecule has 2 aromatic rings. The van der Waals surface area contributed by atoms with Crippen LogP contribution in [0.4, 0.5) is 13.2 Å². The van der Waals surface area contributed by atoms with Crippen molar-refractivity contribution in [1.29, 1.82) is 0 Å². The maximum atomic E-state index is 13.6. The first kappa shape index (κ1) is 20.4. The molecule has 1 N–H and O–H groups in total. The van der Waals surface area contributed by atoms with Gasteiger partial charge in [0.1, 0.15) is 0 Å². The number of likely N-dealkylation sites (tertiary alicyclic amines) is 1. The van der Waals surface area contributed by atoms with E-state index in [1.165, 1.54) is 4.68 Å². The third-order valence-electron chi connectivity index (χ3n) is 5.22. The fourth-order valence-electron chi connectivity index (χ4n) is 3.64. The monoisotopic (exact) mass is 394 g/mol. The van der Waals surface area contributed by atoms with Crippen molar-refractivity contribution in [3.63, 3.8) is 0 Å². The lowest BCUT2D eigenvalue weighted by Crippen LogP contribution is -2.32. The average Bonchev–Trinajstić information content (AvgIpc) is 3.01. The van der Waals surface area contributed by atoms with E-state index < -0.39 is 17.8 Å². The van der Waals surface area contributed by atoms with Gasteiger partial charge in [-0.2, -0.15) is 18.3 Å². The normalized spacial score (nSPS) is 16.3. The van der Waals surface area contributed by atoms with Gasteiger partial charge in [-0.1, -0.05) is 30.3 Å². The maximum Gasteiger partial charge on any atom is 0.435 e. The van der Waals surface area contributed by atoms with Crippen LogP contribution in [0.5, 0.6) is 0 Å². The van der Waals surface area contributed by atoms with Crippen molar-refractivity contribution in [2.75, 3.05) is 26.7 Å². The molecular weight excluding hydrogens is 369 g/mol. The first-order chi connectivity index (χ1) is 13.3. The smallest absolute Gasteiger partial charge is 0.352 e. The van der Waals surface area contributed by atoms with E-state index in [0.29, 0.717) is 19.3 Å². The van der Waals surface area contributed by atoms with Crippen molar-refractivity contribution in [3.05, 3.63) is 52.8 Å². The minimum Gasteiger partial charge on any atom is -0.352 e. The van der Waals surface area contributed by atoms with Crippen molar-refractivity contribution in [2.24, 2.45) is 0 Å². The number of hydrogen-bond donors (Lipinski definition) is 1. The predicted octanol–water partition coefficient (Wildman–Crippen LogP) is 3.45. The van der Waals surface area contributed by atoms with E-state index in [1.807, 2.05) is 37.4 Å². The van der Waals surface area contributed by atoms with Crippen LogP contribution in [-0.2, 0) is 12.6 Å². The summed E-state index contributed by atoms with van der Waals surface area (Å²) in [5, 5.41) is 6.45. The average molecular weight is 394 g/mol. The number of amides is 1. The number of nitrogens with one attached hydrogen (secondary N) is 1. The number of hydrogen-bond acceptors (Lipinski definition) is 3. The van der Waals surface area contributed by atoms with E-state index in [0.717, 1.165) is 18.7 Å². The van der Waals surface area contributed by atoms with E-state index in [-0.39, 0.29) is 23.8 Å². The fraction of sp³-hybridized carbons (Fsp3) is 0.500. The molecule has 152 valence electrons. The second-order valence-corrected chi connectivity index (χ2v) is 7.28. The van der Waals surface area contributed by atoms with Gasteiger partial charge in [0.05, 0.1) is 11.6 Å². The molecule has 1 aliphatic heterocycles. The molecule has 0 unspecified atom stereocenters. The predicted molar refractivity (Wildman–Crippen MR) is 100 cm³/mol. The maximum absolute atomic E-state index is 13.6. The summed E-state index contributed by atoms with van der Waals surface area (Å²) in [4.78, 5) is 14.7. The van der Waals surface area contributed by atoms with Crippen LogP contribution in [0.15, 0.2) is 30.3 Å². The largest absolute Gasteiger partial charge is 0.435 e. The summed E-state index contributed by atoms with van der Waals surface area (Å²) in [5.74, 6) is -0.722. The molecule has 0 atom stereocenters. The number of carbonyl (C=O) groups excluding carboxylic acids is 1. The molecular formula is C20H25F3N4O. The topological polar surface area (TPSA) is 50.2 Å². The van der Waals surface area contributed by atoms with Crippen LogP contribution < -0.4 is 5.32 Å². The van der Waals surface area contributed by atoms with Crippen LogP contribution in [0, 0.1) is 6.92 Å². The summed E-state index contributed by atoms with van der Waals surface area (Å²) < 4.78 is 42.1. The molecule has 1 fully saturated rings. The van der Waals surface area contributed by atoms with Crippen LogP contribution in [0.3, 0.4) is 0 Å². The lowest BCUT2D eigenvalue weighted by Gasteiger charge is -2.29. The summed E-state index contributed by atoms with van der Waals surface area (Å²) in [6.07, 6.45) is -2.69. The Bertz CT molecular complexity index is 809. The Morgan fingerprint density at radius 1 is 1.21 bits per heavy atom. The first-order valence-electron chi connectivity index (χ1n) is 9.44. The molecule has 1 saturated heterocycles. The number of carbonyl (C=O) groups is 1. The number of piperidine rings is 1.